The van der Waals surface area contributed by atoms with Gasteiger partial charge in [-0.1, -0.05) is 30.3 Å². The molecule has 9 nitrogen and oxygen atoms in total. The van der Waals surface area contributed by atoms with E-state index < -0.39 is 31.0 Å². The van der Waals surface area contributed by atoms with Crippen LogP contribution in [-0.4, -0.2) is 56.9 Å². The monoisotopic (exact) mass is 439 g/mol. The molecule has 3 aromatic rings. The average Bonchev–Trinajstić information content (AvgIpc) is 3.13. The van der Waals surface area contributed by atoms with Crippen molar-refractivity contribution in [2.45, 2.75) is 24.7 Å². The summed E-state index contributed by atoms with van der Waals surface area (Å²) in [6.45, 7) is -1.14. The van der Waals surface area contributed by atoms with Gasteiger partial charge in [0.2, 0.25) is 5.88 Å². The standard InChI is InChI=1S/C19H20F3N5O4/c20-19(21,22)15(29)10-31-17-12-9-23-16(8-14(12)26-27-17)25-18(30)24-13(6-7-28)11-4-2-1-3-5-11/h1-5,8-9,13,15,28-29H,6-7,10H2,(H,26,27)(H2,23,24,25,30)/t13-,15+/m1/s1. The fourth-order valence-corrected chi connectivity index (χ4v) is 2.77. The predicted molar refractivity (Wildman–Crippen MR) is 104 cm³/mol. The number of pyridine rings is 1. The van der Waals surface area contributed by atoms with Crippen molar-refractivity contribution in [3.8, 4) is 5.88 Å². The van der Waals surface area contributed by atoms with Gasteiger partial charge in [-0.15, -0.1) is 5.10 Å². The third kappa shape index (κ3) is 5.83. The van der Waals surface area contributed by atoms with Crippen LogP contribution in [0.3, 0.4) is 0 Å². The summed E-state index contributed by atoms with van der Waals surface area (Å²) in [5.74, 6) is 0.000209. The highest BCUT2D eigenvalue weighted by Crippen LogP contribution is 2.26. The van der Waals surface area contributed by atoms with E-state index in [1.807, 2.05) is 30.3 Å². The Bertz CT molecular complexity index is 1010. The van der Waals surface area contributed by atoms with E-state index in [9.17, 15) is 23.1 Å². The number of nitrogens with one attached hydrogen (secondary N) is 3. The van der Waals surface area contributed by atoms with Crippen LogP contribution in [-0.2, 0) is 0 Å². The molecule has 166 valence electrons. The molecule has 2 amide bonds. The number of hydrogen-bond donors (Lipinski definition) is 5. The van der Waals surface area contributed by atoms with E-state index in [-0.39, 0.29) is 23.7 Å². The van der Waals surface area contributed by atoms with Crippen LogP contribution in [0.2, 0.25) is 0 Å². The second-order valence-corrected chi connectivity index (χ2v) is 6.59. The number of halogens is 3. The number of hydrogen-bond acceptors (Lipinski definition) is 6. The van der Waals surface area contributed by atoms with E-state index in [0.717, 1.165) is 5.56 Å². The Hall–Kier alpha value is -3.38. The van der Waals surface area contributed by atoms with Crippen molar-refractivity contribution in [3.63, 3.8) is 0 Å². The number of aromatic nitrogens is 3. The lowest BCUT2D eigenvalue weighted by Gasteiger charge is -2.18. The Labute approximate surface area is 174 Å². The number of H-pyrrole nitrogens is 1. The molecule has 2 atom stereocenters. The second-order valence-electron chi connectivity index (χ2n) is 6.59. The quantitative estimate of drug-likeness (QED) is 0.366. The molecule has 2 heterocycles. The molecule has 0 saturated heterocycles. The lowest BCUT2D eigenvalue weighted by Crippen LogP contribution is -2.34. The first-order valence-electron chi connectivity index (χ1n) is 9.23. The number of amides is 2. The van der Waals surface area contributed by atoms with Crippen molar-refractivity contribution in [1.82, 2.24) is 20.5 Å². The fraction of sp³-hybridized carbons (Fsp3) is 0.316. The number of carbonyl (C=O) groups is 1. The van der Waals surface area contributed by atoms with Gasteiger partial charge in [0.25, 0.3) is 0 Å². The van der Waals surface area contributed by atoms with Gasteiger partial charge in [-0.2, -0.15) is 13.2 Å². The number of alkyl halides is 3. The van der Waals surface area contributed by atoms with Crippen LogP contribution < -0.4 is 15.4 Å². The van der Waals surface area contributed by atoms with E-state index in [0.29, 0.717) is 11.9 Å². The minimum Gasteiger partial charge on any atom is -0.473 e. The minimum absolute atomic E-state index is 0.121. The zero-order valence-corrected chi connectivity index (χ0v) is 16.1. The lowest BCUT2D eigenvalue weighted by atomic mass is 10.0. The van der Waals surface area contributed by atoms with E-state index in [1.54, 1.807) is 0 Å². The van der Waals surface area contributed by atoms with Gasteiger partial charge in [-0.25, -0.2) is 9.78 Å². The van der Waals surface area contributed by atoms with Gasteiger partial charge < -0.3 is 20.3 Å². The molecule has 3 rings (SSSR count). The number of nitrogens with zero attached hydrogens (tertiary/aromatic N) is 2. The van der Waals surface area contributed by atoms with Crippen LogP contribution in [0.1, 0.15) is 18.0 Å². The molecule has 0 radical (unpaired) electrons. The molecule has 0 aliphatic heterocycles. The van der Waals surface area contributed by atoms with Crippen molar-refractivity contribution in [2.24, 2.45) is 0 Å². The molecule has 0 saturated carbocycles. The average molecular weight is 439 g/mol. The van der Waals surface area contributed by atoms with Gasteiger partial charge in [-0.3, -0.25) is 10.4 Å². The van der Waals surface area contributed by atoms with Crippen LogP contribution in [0.25, 0.3) is 10.9 Å². The van der Waals surface area contributed by atoms with Crippen molar-refractivity contribution in [2.75, 3.05) is 18.5 Å². The fourth-order valence-electron chi connectivity index (χ4n) is 2.77. The first-order chi connectivity index (χ1) is 14.8. The first kappa shape index (κ1) is 22.3. The molecule has 2 aromatic heterocycles. The number of urea groups is 1. The summed E-state index contributed by atoms with van der Waals surface area (Å²) >= 11 is 0. The van der Waals surface area contributed by atoms with E-state index in [1.165, 1.54) is 12.3 Å². The number of ether oxygens (including phenoxy) is 1. The molecular weight excluding hydrogens is 419 g/mol. The molecule has 31 heavy (non-hydrogen) atoms. The largest absolute Gasteiger partial charge is 0.473 e. The summed E-state index contributed by atoms with van der Waals surface area (Å²) < 4.78 is 42.1. The molecule has 0 fully saturated rings. The topological polar surface area (TPSA) is 132 Å². The number of fused-ring (bicyclic) bond motifs is 1. The molecule has 0 bridgehead atoms. The molecule has 0 aliphatic rings. The van der Waals surface area contributed by atoms with E-state index in [4.69, 9.17) is 9.84 Å². The molecule has 1 aromatic carbocycles. The predicted octanol–water partition coefficient (Wildman–Crippen LogP) is 2.51. The maximum absolute atomic E-state index is 12.4. The van der Waals surface area contributed by atoms with Crippen LogP contribution in [0.5, 0.6) is 5.88 Å². The van der Waals surface area contributed by atoms with Gasteiger partial charge in [0.1, 0.15) is 12.4 Å². The summed E-state index contributed by atoms with van der Waals surface area (Å²) in [5, 5.41) is 30.2. The Morgan fingerprint density at radius 3 is 2.68 bits per heavy atom. The number of aliphatic hydroxyl groups excluding tert-OH is 2. The maximum atomic E-state index is 12.4. The smallest absolute Gasteiger partial charge is 0.417 e. The Kier molecular flexibility index (Phi) is 6.92. The molecule has 0 aliphatic carbocycles. The second kappa shape index (κ2) is 9.62. The van der Waals surface area contributed by atoms with E-state index >= 15 is 0 Å². The van der Waals surface area contributed by atoms with Crippen LogP contribution in [0.15, 0.2) is 42.6 Å². The number of carbonyl (C=O) groups excluding carboxylic acids is 1. The van der Waals surface area contributed by atoms with Gasteiger partial charge in [0, 0.05) is 18.9 Å². The highest BCUT2D eigenvalue weighted by Gasteiger charge is 2.39. The summed E-state index contributed by atoms with van der Waals surface area (Å²) in [6.07, 6.45) is -5.86. The minimum atomic E-state index is -4.80. The third-order valence-corrected chi connectivity index (χ3v) is 4.33. The highest BCUT2D eigenvalue weighted by atomic mass is 19.4. The number of aliphatic hydroxyl groups is 2. The summed E-state index contributed by atoms with van der Waals surface area (Å²) in [5.41, 5.74) is 1.18. The van der Waals surface area contributed by atoms with Gasteiger partial charge in [-0.05, 0) is 12.0 Å². The van der Waals surface area contributed by atoms with Crippen molar-refractivity contribution < 1.29 is 32.9 Å². The SMILES string of the molecule is O=C(Nc1cc2[nH]nc(OC[C@H](O)C(F)(F)F)c2cn1)N[C@H](CCO)c1ccccc1. The molecule has 0 unspecified atom stereocenters. The number of benzene rings is 1. The third-order valence-electron chi connectivity index (χ3n) is 4.33. The summed E-state index contributed by atoms with van der Waals surface area (Å²) in [4.78, 5) is 16.4. The normalized spacial score (nSPS) is 13.6. The zero-order chi connectivity index (χ0) is 22.4. The first-order valence-corrected chi connectivity index (χ1v) is 9.23. The van der Waals surface area contributed by atoms with Crippen LogP contribution >= 0.6 is 0 Å². The Morgan fingerprint density at radius 2 is 2.00 bits per heavy atom. The molecule has 12 heteroatoms. The van der Waals surface area contributed by atoms with Gasteiger partial charge in [0.15, 0.2) is 6.10 Å². The van der Waals surface area contributed by atoms with Gasteiger partial charge in [0.05, 0.1) is 16.9 Å². The number of anilines is 1. The van der Waals surface area contributed by atoms with E-state index in [2.05, 4.69) is 25.8 Å². The number of aromatic amines is 1. The Balaban J connectivity index is 1.65. The highest BCUT2D eigenvalue weighted by molar-refractivity contribution is 5.92. The summed E-state index contributed by atoms with van der Waals surface area (Å²) in [6, 6.07) is 9.59. The molecular formula is C19H20F3N5O4. The van der Waals surface area contributed by atoms with Gasteiger partial charge >= 0.3 is 12.2 Å². The zero-order valence-electron chi connectivity index (χ0n) is 16.1. The Morgan fingerprint density at radius 1 is 1.26 bits per heavy atom. The molecule has 5 N–H and O–H groups in total. The molecule has 0 spiro atoms. The van der Waals surface area contributed by atoms with Crippen LogP contribution in [0, 0.1) is 0 Å². The maximum Gasteiger partial charge on any atom is 0.417 e. The lowest BCUT2D eigenvalue weighted by molar-refractivity contribution is -0.210. The summed E-state index contributed by atoms with van der Waals surface area (Å²) in [7, 11) is 0. The number of rotatable bonds is 8. The van der Waals surface area contributed by atoms with Crippen molar-refractivity contribution in [1.29, 1.82) is 0 Å². The van der Waals surface area contributed by atoms with Crippen LogP contribution in [0.4, 0.5) is 23.8 Å². The van der Waals surface area contributed by atoms with Crippen molar-refractivity contribution in [3.05, 3.63) is 48.2 Å². The van der Waals surface area contributed by atoms with Crippen molar-refractivity contribution >= 4 is 22.8 Å².